The van der Waals surface area contributed by atoms with Gasteiger partial charge in [-0.05, 0) is 19.1 Å². The van der Waals surface area contributed by atoms with Crippen molar-refractivity contribution in [1.29, 1.82) is 0 Å². The van der Waals surface area contributed by atoms with Gasteiger partial charge in [-0.1, -0.05) is 17.7 Å². The van der Waals surface area contributed by atoms with Crippen molar-refractivity contribution in [3.8, 4) is 23.0 Å². The number of hydrogen-bond donors (Lipinski definition) is 1. The Morgan fingerprint density at radius 3 is 2.18 bits per heavy atom. The van der Waals surface area contributed by atoms with Gasteiger partial charge in [-0.25, -0.2) is 0 Å². The lowest BCUT2D eigenvalue weighted by molar-refractivity contribution is 0.350. The number of aromatic hydroxyl groups is 1. The van der Waals surface area contributed by atoms with Crippen molar-refractivity contribution in [2.24, 2.45) is 0 Å². The summed E-state index contributed by atoms with van der Waals surface area (Å²) >= 11 is 0. The van der Waals surface area contributed by atoms with Crippen LogP contribution in [0.2, 0.25) is 0 Å². The van der Waals surface area contributed by atoms with E-state index in [0.29, 0.717) is 0 Å². The summed E-state index contributed by atoms with van der Waals surface area (Å²) in [7, 11) is -1.36. The van der Waals surface area contributed by atoms with Crippen molar-refractivity contribution in [2.45, 2.75) is 11.8 Å². The van der Waals surface area contributed by atoms with Gasteiger partial charge in [0.15, 0.2) is 11.5 Å². The van der Waals surface area contributed by atoms with Crippen LogP contribution in [0.3, 0.4) is 0 Å². The molecule has 6 nitrogen and oxygen atoms in total. The Morgan fingerprint density at radius 2 is 1.64 bits per heavy atom. The minimum absolute atomic E-state index is 0.00228. The van der Waals surface area contributed by atoms with E-state index in [9.17, 15) is 13.5 Å². The second kappa shape index (κ2) is 6.15. The Hall–Kier alpha value is -2.41. The fourth-order valence-corrected chi connectivity index (χ4v) is 2.74. The van der Waals surface area contributed by atoms with Crippen LogP contribution in [0.4, 0.5) is 0 Å². The number of phenols is 1. The molecule has 2 aromatic carbocycles. The van der Waals surface area contributed by atoms with E-state index in [1.807, 2.05) is 6.92 Å². The van der Waals surface area contributed by atoms with E-state index in [1.54, 1.807) is 12.1 Å². The van der Waals surface area contributed by atoms with Gasteiger partial charge < -0.3 is 18.8 Å². The second-order valence-corrected chi connectivity index (χ2v) is 6.07. The van der Waals surface area contributed by atoms with Gasteiger partial charge in [0.25, 0.3) is 0 Å². The van der Waals surface area contributed by atoms with E-state index >= 15 is 0 Å². The summed E-state index contributed by atoms with van der Waals surface area (Å²) in [4.78, 5) is 0.00228. The number of benzene rings is 2. The van der Waals surface area contributed by atoms with Gasteiger partial charge >= 0.3 is 10.1 Å². The number of aryl methyl sites for hydroxylation is 1. The molecule has 0 aliphatic heterocycles. The Balaban J connectivity index is 2.44. The molecule has 0 unspecified atom stereocenters. The molecule has 0 saturated heterocycles. The van der Waals surface area contributed by atoms with Crippen molar-refractivity contribution < 1.29 is 27.2 Å². The van der Waals surface area contributed by atoms with Crippen LogP contribution in [0.25, 0.3) is 0 Å². The molecule has 0 heterocycles. The van der Waals surface area contributed by atoms with Crippen LogP contribution in [0.5, 0.6) is 23.0 Å². The average Bonchev–Trinajstić information content (AvgIpc) is 2.47. The Bertz CT molecular complexity index is 765. The van der Waals surface area contributed by atoms with Crippen molar-refractivity contribution >= 4 is 10.1 Å². The highest BCUT2D eigenvalue weighted by molar-refractivity contribution is 7.87. The van der Waals surface area contributed by atoms with E-state index < -0.39 is 10.1 Å². The molecule has 0 amide bonds. The molecular formula is C15H16O6S. The van der Waals surface area contributed by atoms with E-state index in [2.05, 4.69) is 0 Å². The summed E-state index contributed by atoms with van der Waals surface area (Å²) in [6.07, 6.45) is 0. The van der Waals surface area contributed by atoms with E-state index in [0.717, 1.165) is 5.56 Å². The molecule has 2 rings (SSSR count). The molecule has 0 atom stereocenters. The summed E-state index contributed by atoms with van der Waals surface area (Å²) in [5.74, 6) is -0.278. The summed E-state index contributed by atoms with van der Waals surface area (Å²) in [6, 6.07) is 8.83. The Kier molecular flexibility index (Phi) is 4.46. The summed E-state index contributed by atoms with van der Waals surface area (Å²) in [6.45, 7) is 1.85. The van der Waals surface area contributed by atoms with Crippen LogP contribution in [-0.4, -0.2) is 27.7 Å². The maximum absolute atomic E-state index is 12.3. The van der Waals surface area contributed by atoms with Crippen molar-refractivity contribution in [3.05, 3.63) is 42.0 Å². The standard InChI is InChI=1S/C15H16O6S/c1-10-4-6-12(7-5-10)22(17,18)21-14-9-11(19-2)8-13(16)15(14)20-3/h4-9,16H,1-3H3. The lowest BCUT2D eigenvalue weighted by atomic mass is 10.2. The zero-order valence-corrected chi connectivity index (χ0v) is 13.2. The number of methoxy groups -OCH3 is 2. The summed E-state index contributed by atoms with van der Waals surface area (Å²) in [5, 5.41) is 9.83. The first kappa shape index (κ1) is 16.0. The Morgan fingerprint density at radius 1 is 1.00 bits per heavy atom. The smallest absolute Gasteiger partial charge is 0.339 e. The molecule has 118 valence electrons. The van der Waals surface area contributed by atoms with Crippen molar-refractivity contribution in [1.82, 2.24) is 0 Å². The van der Waals surface area contributed by atoms with Gasteiger partial charge in [0.2, 0.25) is 5.75 Å². The predicted octanol–water partition coefficient (Wildman–Crippen LogP) is 2.49. The summed E-state index contributed by atoms with van der Waals surface area (Å²) < 4.78 is 39.6. The molecular weight excluding hydrogens is 308 g/mol. The molecule has 0 aromatic heterocycles. The van der Waals surface area contributed by atoms with Gasteiger partial charge in [0.05, 0.1) is 14.2 Å². The van der Waals surface area contributed by atoms with Crippen LogP contribution in [0.15, 0.2) is 41.3 Å². The topological polar surface area (TPSA) is 82.1 Å². The maximum atomic E-state index is 12.3. The third kappa shape index (κ3) is 3.25. The fourth-order valence-electron chi connectivity index (χ4n) is 1.82. The molecule has 0 spiro atoms. The molecule has 1 N–H and O–H groups in total. The lowest BCUT2D eigenvalue weighted by Crippen LogP contribution is -2.10. The van der Waals surface area contributed by atoms with Gasteiger partial charge in [0, 0.05) is 12.1 Å². The van der Waals surface area contributed by atoms with Crippen LogP contribution >= 0.6 is 0 Å². The summed E-state index contributed by atoms with van der Waals surface area (Å²) in [5.41, 5.74) is 0.926. The number of hydrogen-bond acceptors (Lipinski definition) is 6. The van der Waals surface area contributed by atoms with Gasteiger partial charge in [-0.2, -0.15) is 8.42 Å². The maximum Gasteiger partial charge on any atom is 0.339 e. The molecule has 0 radical (unpaired) electrons. The zero-order valence-electron chi connectivity index (χ0n) is 12.4. The van der Waals surface area contributed by atoms with Crippen LogP contribution in [0.1, 0.15) is 5.56 Å². The number of rotatable bonds is 5. The molecule has 2 aromatic rings. The second-order valence-electron chi connectivity index (χ2n) is 4.53. The quantitative estimate of drug-likeness (QED) is 0.851. The van der Waals surface area contributed by atoms with Crippen molar-refractivity contribution in [3.63, 3.8) is 0 Å². The van der Waals surface area contributed by atoms with Crippen LogP contribution < -0.4 is 13.7 Å². The lowest BCUT2D eigenvalue weighted by Gasteiger charge is -2.13. The third-order valence-corrected chi connectivity index (χ3v) is 4.21. The van der Waals surface area contributed by atoms with Crippen LogP contribution in [0, 0.1) is 6.92 Å². The van der Waals surface area contributed by atoms with Crippen molar-refractivity contribution in [2.75, 3.05) is 14.2 Å². The highest BCUT2D eigenvalue weighted by Crippen LogP contribution is 2.41. The largest absolute Gasteiger partial charge is 0.504 e. The zero-order chi connectivity index (χ0) is 16.3. The first-order valence-electron chi connectivity index (χ1n) is 6.33. The molecule has 0 saturated carbocycles. The third-order valence-electron chi connectivity index (χ3n) is 2.96. The molecule has 0 fully saturated rings. The fraction of sp³-hybridized carbons (Fsp3) is 0.200. The Labute approximate surface area is 129 Å². The molecule has 0 aliphatic rings. The number of phenolic OH excluding ortho intramolecular Hbond substituents is 1. The molecule has 7 heteroatoms. The van der Waals surface area contributed by atoms with E-state index in [-0.39, 0.29) is 27.9 Å². The molecule has 0 bridgehead atoms. The highest BCUT2D eigenvalue weighted by Gasteiger charge is 2.22. The first-order valence-corrected chi connectivity index (χ1v) is 7.74. The van der Waals surface area contributed by atoms with Gasteiger partial charge in [-0.3, -0.25) is 0 Å². The minimum atomic E-state index is -4.05. The first-order chi connectivity index (χ1) is 10.4. The number of ether oxygens (including phenoxy) is 2. The minimum Gasteiger partial charge on any atom is -0.504 e. The average molecular weight is 324 g/mol. The molecule has 0 aliphatic carbocycles. The normalized spacial score (nSPS) is 11.0. The van der Waals surface area contributed by atoms with E-state index in [1.165, 1.54) is 38.5 Å². The monoisotopic (exact) mass is 324 g/mol. The molecule has 22 heavy (non-hydrogen) atoms. The van der Waals surface area contributed by atoms with E-state index in [4.69, 9.17) is 13.7 Å². The predicted molar refractivity (Wildman–Crippen MR) is 80.2 cm³/mol. The highest BCUT2D eigenvalue weighted by atomic mass is 32.2. The van der Waals surface area contributed by atoms with Gasteiger partial charge in [-0.15, -0.1) is 0 Å². The van der Waals surface area contributed by atoms with Gasteiger partial charge in [0.1, 0.15) is 10.6 Å². The SMILES string of the molecule is COc1cc(O)c(OC)c(OS(=O)(=O)c2ccc(C)cc2)c1. The van der Waals surface area contributed by atoms with Crippen LogP contribution in [-0.2, 0) is 10.1 Å².